The lowest BCUT2D eigenvalue weighted by molar-refractivity contribution is -0.160. The molecule has 6 heterocycles. The molecule has 50 heavy (non-hydrogen) atoms. The number of rotatable bonds is 7. The van der Waals surface area contributed by atoms with Crippen LogP contribution in [0.25, 0.3) is 33.7 Å². The molecule has 0 radical (unpaired) electrons. The lowest BCUT2D eigenvalue weighted by atomic mass is 9.86. The molecule has 12 nitrogen and oxygen atoms in total. The summed E-state index contributed by atoms with van der Waals surface area (Å²) < 4.78 is 41.6. The van der Waals surface area contributed by atoms with Gasteiger partial charge in [0.1, 0.15) is 11.3 Å². The Bertz CT molecular complexity index is 1930. The minimum Gasteiger partial charge on any atom is -0.490 e. The van der Waals surface area contributed by atoms with E-state index in [0.29, 0.717) is 70.1 Å². The molecule has 7 rings (SSSR count). The summed E-state index contributed by atoms with van der Waals surface area (Å²) in [4.78, 5) is 22.5. The predicted molar refractivity (Wildman–Crippen MR) is 186 cm³/mol. The summed E-state index contributed by atoms with van der Waals surface area (Å²) in [7, 11) is 1.86. The van der Waals surface area contributed by atoms with Crippen LogP contribution in [-0.2, 0) is 27.7 Å². The number of hydrogen-bond donors (Lipinski definition) is 1. The van der Waals surface area contributed by atoms with Gasteiger partial charge in [0.05, 0.1) is 12.2 Å². The number of aryl methyl sites for hydroxylation is 2. The number of nitrogens with zero attached hydrogens (tertiary/aromatic N) is 6. The Labute approximate surface area is 291 Å². The molecule has 0 amide bonds. The van der Waals surface area contributed by atoms with Crippen LogP contribution < -0.4 is 9.64 Å². The van der Waals surface area contributed by atoms with Gasteiger partial charge in [-0.2, -0.15) is 0 Å². The number of halogens is 1. The van der Waals surface area contributed by atoms with Gasteiger partial charge in [0.2, 0.25) is 0 Å². The molecule has 3 aliphatic rings. The molecule has 2 fully saturated rings. The van der Waals surface area contributed by atoms with Crippen molar-refractivity contribution < 1.29 is 32.9 Å². The monoisotopic (exact) mass is 690 g/mol. The molecule has 1 N–H and O–H groups in total. The Morgan fingerprint density at radius 3 is 2.58 bits per heavy atom. The van der Waals surface area contributed by atoms with Gasteiger partial charge in [-0.25, -0.2) is 14.2 Å². The fraction of sp³-hybridized carbons (Fsp3) is 0.568. The van der Waals surface area contributed by atoms with Gasteiger partial charge in [-0.3, -0.25) is 4.90 Å². The van der Waals surface area contributed by atoms with Crippen LogP contribution >= 0.6 is 0 Å². The molecule has 0 bridgehead atoms. The Balaban J connectivity index is 1.34. The van der Waals surface area contributed by atoms with E-state index in [1.54, 1.807) is 6.92 Å². The zero-order valence-electron chi connectivity index (χ0n) is 30.0. The van der Waals surface area contributed by atoms with E-state index >= 15 is 4.39 Å². The quantitative estimate of drug-likeness (QED) is 0.245. The highest BCUT2D eigenvalue weighted by Gasteiger charge is 2.36. The van der Waals surface area contributed by atoms with Gasteiger partial charge in [-0.15, -0.1) is 5.10 Å². The molecular formula is C37H47FN6O6. The number of fused-ring (bicyclic) bond motifs is 2. The molecule has 4 aromatic rings. The van der Waals surface area contributed by atoms with Gasteiger partial charge in [-0.05, 0) is 90.5 Å². The third-order valence-corrected chi connectivity index (χ3v) is 10.3. The molecule has 0 unspecified atom stereocenters. The normalized spacial score (nSPS) is 19.8. The van der Waals surface area contributed by atoms with Crippen LogP contribution in [-0.4, -0.2) is 92.9 Å². The van der Waals surface area contributed by atoms with Crippen LogP contribution in [0.5, 0.6) is 5.75 Å². The van der Waals surface area contributed by atoms with Gasteiger partial charge in [-0.1, -0.05) is 5.10 Å². The SMILES string of the molecule is Cc1nc2c(cc(-c3nnc(N4CCN(C5CCOCC5)C[C@H]4C)o3)n2C)c(-c2cc(F)c3c(c2C)CCCO3)c1[C@H](OC(C)(C)C)C(=O)O. The second kappa shape index (κ2) is 13.2. The number of hydrogen-bond acceptors (Lipinski definition) is 10. The zero-order chi connectivity index (χ0) is 35.5. The number of carbonyl (C=O) groups is 1. The van der Waals surface area contributed by atoms with Crippen molar-refractivity contribution in [1.29, 1.82) is 0 Å². The summed E-state index contributed by atoms with van der Waals surface area (Å²) in [6.45, 7) is 15.9. The highest BCUT2D eigenvalue weighted by Crippen LogP contribution is 2.45. The third-order valence-electron chi connectivity index (χ3n) is 10.3. The Hall–Kier alpha value is -4.07. The van der Waals surface area contributed by atoms with E-state index in [4.69, 9.17) is 23.6 Å². The number of pyridine rings is 1. The van der Waals surface area contributed by atoms with Crippen LogP contribution in [0.3, 0.4) is 0 Å². The van der Waals surface area contributed by atoms with Crippen LogP contribution in [0.4, 0.5) is 10.4 Å². The zero-order valence-corrected chi connectivity index (χ0v) is 30.0. The van der Waals surface area contributed by atoms with Gasteiger partial charge in [0, 0.05) is 79.7 Å². The molecule has 0 saturated carbocycles. The van der Waals surface area contributed by atoms with Crippen molar-refractivity contribution >= 4 is 23.0 Å². The Morgan fingerprint density at radius 1 is 1.12 bits per heavy atom. The van der Waals surface area contributed by atoms with E-state index in [0.717, 1.165) is 63.2 Å². The molecule has 13 heteroatoms. The lowest BCUT2D eigenvalue weighted by Gasteiger charge is -2.43. The molecule has 268 valence electrons. The first-order valence-corrected chi connectivity index (χ1v) is 17.6. The molecule has 3 aromatic heterocycles. The van der Waals surface area contributed by atoms with Gasteiger partial charge < -0.3 is 33.2 Å². The average Bonchev–Trinajstić information content (AvgIpc) is 3.69. The smallest absolute Gasteiger partial charge is 0.337 e. The number of ether oxygens (including phenoxy) is 3. The van der Waals surface area contributed by atoms with Crippen LogP contribution in [0.15, 0.2) is 16.5 Å². The highest BCUT2D eigenvalue weighted by molar-refractivity contribution is 6.01. The number of benzene rings is 1. The molecule has 1 aromatic carbocycles. The maximum absolute atomic E-state index is 15.8. The maximum Gasteiger partial charge on any atom is 0.337 e. The molecule has 3 aliphatic heterocycles. The first-order chi connectivity index (χ1) is 23.8. The summed E-state index contributed by atoms with van der Waals surface area (Å²) >= 11 is 0. The fourth-order valence-corrected chi connectivity index (χ4v) is 7.86. The first kappa shape index (κ1) is 34.4. The van der Waals surface area contributed by atoms with E-state index < -0.39 is 23.5 Å². The van der Waals surface area contributed by atoms with Crippen molar-refractivity contribution in [2.75, 3.05) is 44.4 Å². The minimum atomic E-state index is -1.36. The molecule has 0 spiro atoms. The number of carboxylic acids is 1. The summed E-state index contributed by atoms with van der Waals surface area (Å²) in [5, 5.41) is 20.1. The van der Waals surface area contributed by atoms with Crippen molar-refractivity contribution in [2.45, 2.75) is 91.0 Å². The second-order valence-electron chi connectivity index (χ2n) is 14.8. The largest absolute Gasteiger partial charge is 0.490 e. The maximum atomic E-state index is 15.8. The third kappa shape index (κ3) is 6.24. The first-order valence-electron chi connectivity index (χ1n) is 17.6. The second-order valence-corrected chi connectivity index (χ2v) is 14.8. The number of aromatic nitrogens is 4. The van der Waals surface area contributed by atoms with E-state index in [9.17, 15) is 9.90 Å². The number of anilines is 1. The standard InChI is InChI=1S/C37H47FN6O6/c1-20-19-43(23-10-15-47-16-11-23)12-13-44(20)36-41-40-34(49-36)28-18-26-30(25-17-27(38)31-24(21(25)2)9-8-14-48-31)29(22(3)39-33(26)42(28)7)32(35(45)46)50-37(4,5)6/h17-18,20,23,32H,8-16,19H2,1-7H3,(H,45,46)/t20-,32+/m1/s1. The van der Waals surface area contributed by atoms with Gasteiger partial charge >= 0.3 is 12.0 Å². The van der Waals surface area contributed by atoms with E-state index in [2.05, 4.69) is 26.9 Å². The summed E-state index contributed by atoms with van der Waals surface area (Å²) in [5.41, 5.74) is 3.96. The van der Waals surface area contributed by atoms with E-state index in [-0.39, 0.29) is 11.8 Å². The van der Waals surface area contributed by atoms with Crippen LogP contribution in [0, 0.1) is 19.7 Å². The van der Waals surface area contributed by atoms with Crippen molar-refractivity contribution in [3.8, 4) is 28.5 Å². The van der Waals surface area contributed by atoms with Crippen molar-refractivity contribution in [2.24, 2.45) is 7.05 Å². The minimum absolute atomic E-state index is 0.174. The topological polar surface area (TPSA) is 128 Å². The van der Waals surface area contributed by atoms with Crippen molar-refractivity contribution in [1.82, 2.24) is 24.6 Å². The van der Waals surface area contributed by atoms with Gasteiger partial charge in [0.25, 0.3) is 5.89 Å². The molecule has 2 saturated heterocycles. The number of aliphatic carboxylic acids is 1. The summed E-state index contributed by atoms with van der Waals surface area (Å²) in [5.74, 6) is -1.07. The van der Waals surface area contributed by atoms with Gasteiger partial charge in [0.15, 0.2) is 17.7 Å². The summed E-state index contributed by atoms with van der Waals surface area (Å²) in [6, 6.07) is 4.49. The molecule has 2 atom stereocenters. The lowest BCUT2D eigenvalue weighted by Crippen LogP contribution is -2.56. The predicted octanol–water partition coefficient (Wildman–Crippen LogP) is 6.00. The average molecular weight is 691 g/mol. The van der Waals surface area contributed by atoms with E-state index in [1.807, 2.05) is 45.4 Å². The Kier molecular flexibility index (Phi) is 9.10. The summed E-state index contributed by atoms with van der Waals surface area (Å²) in [6.07, 6.45) is 2.16. The van der Waals surface area contributed by atoms with Crippen LogP contribution in [0.2, 0.25) is 0 Å². The number of piperazine rings is 1. The highest BCUT2D eigenvalue weighted by atomic mass is 19.1. The Morgan fingerprint density at radius 2 is 1.88 bits per heavy atom. The van der Waals surface area contributed by atoms with Crippen LogP contribution in [0.1, 0.15) is 75.4 Å². The van der Waals surface area contributed by atoms with E-state index in [1.165, 1.54) is 6.07 Å². The number of carboxylic acid groups (broad SMARTS) is 1. The van der Waals surface area contributed by atoms with Crippen molar-refractivity contribution in [3.05, 3.63) is 40.3 Å². The van der Waals surface area contributed by atoms with Crippen molar-refractivity contribution in [3.63, 3.8) is 0 Å². The molecule has 0 aliphatic carbocycles. The molecular weight excluding hydrogens is 643 g/mol. The fourth-order valence-electron chi connectivity index (χ4n) is 7.86.